The molecule has 142 valence electrons. The van der Waals surface area contributed by atoms with Gasteiger partial charge < -0.3 is 19.8 Å². The Morgan fingerprint density at radius 3 is 2.65 bits per heavy atom. The van der Waals surface area contributed by atoms with Gasteiger partial charge in [-0.15, -0.1) is 0 Å². The lowest BCUT2D eigenvalue weighted by Crippen LogP contribution is -2.33. The number of alkyl halides is 2. The Morgan fingerprint density at radius 2 is 2.08 bits per heavy atom. The van der Waals surface area contributed by atoms with Crippen molar-refractivity contribution >= 4 is 11.9 Å². The van der Waals surface area contributed by atoms with Crippen LogP contribution in [-0.2, 0) is 20.8 Å². The van der Waals surface area contributed by atoms with Gasteiger partial charge >= 0.3 is 5.97 Å². The van der Waals surface area contributed by atoms with Crippen LogP contribution in [0, 0.1) is 0 Å². The third-order valence-corrected chi connectivity index (χ3v) is 4.24. The molecule has 10 heteroatoms. The number of nitrogens with zero attached hydrogens (tertiary/aromatic N) is 4. The minimum absolute atomic E-state index is 0.180. The first-order valence-corrected chi connectivity index (χ1v) is 8.16. The van der Waals surface area contributed by atoms with Crippen molar-refractivity contribution in [3.63, 3.8) is 0 Å². The van der Waals surface area contributed by atoms with Crippen LogP contribution in [0.2, 0.25) is 0 Å². The molecule has 3 heterocycles. The summed E-state index contributed by atoms with van der Waals surface area (Å²) < 4.78 is 36.5. The third-order valence-electron chi connectivity index (χ3n) is 4.24. The van der Waals surface area contributed by atoms with Gasteiger partial charge in [0.15, 0.2) is 0 Å². The first-order chi connectivity index (χ1) is 12.4. The molecule has 0 bridgehead atoms. The topological polar surface area (TPSA) is 79.8 Å². The van der Waals surface area contributed by atoms with Gasteiger partial charge in [0.05, 0.1) is 38.1 Å². The molecule has 0 unspecified atom stereocenters. The summed E-state index contributed by atoms with van der Waals surface area (Å²) in [5.74, 6) is -2.79. The van der Waals surface area contributed by atoms with E-state index < -0.39 is 11.9 Å². The largest absolute Gasteiger partial charge is 0.466 e. The first-order valence-electron chi connectivity index (χ1n) is 8.16. The highest BCUT2D eigenvalue weighted by molar-refractivity contribution is 5.90. The van der Waals surface area contributed by atoms with Crippen molar-refractivity contribution in [1.82, 2.24) is 20.4 Å². The van der Waals surface area contributed by atoms with E-state index in [9.17, 15) is 13.6 Å². The number of esters is 1. The Labute approximate surface area is 149 Å². The Kier molecular flexibility index (Phi) is 5.33. The number of nitrogens with one attached hydrogen (secondary N) is 1. The molecule has 1 fully saturated rings. The van der Waals surface area contributed by atoms with Gasteiger partial charge in [-0.25, -0.2) is 28.6 Å². The van der Waals surface area contributed by atoms with E-state index in [1.807, 2.05) is 5.01 Å². The molecule has 0 aromatic carbocycles. The normalized spacial score (nSPS) is 19.8. The molecule has 2 aliphatic heterocycles. The van der Waals surface area contributed by atoms with Gasteiger partial charge in [0, 0.05) is 44.6 Å². The number of rotatable bonds is 6. The Morgan fingerprint density at radius 1 is 1.35 bits per heavy atom. The van der Waals surface area contributed by atoms with Crippen molar-refractivity contribution < 1.29 is 23.0 Å². The number of anilines is 1. The van der Waals surface area contributed by atoms with Gasteiger partial charge in [-0.05, 0) is 0 Å². The summed E-state index contributed by atoms with van der Waals surface area (Å²) in [6.45, 7) is 0.939. The number of ether oxygens (including phenoxy) is 2. The Bertz CT molecular complexity index is 696. The van der Waals surface area contributed by atoms with Gasteiger partial charge in [0.2, 0.25) is 5.95 Å². The average Bonchev–Trinajstić information content (AvgIpc) is 3.18. The van der Waals surface area contributed by atoms with Crippen molar-refractivity contribution in [3.8, 4) is 0 Å². The summed E-state index contributed by atoms with van der Waals surface area (Å²) in [5, 5.41) is 1.81. The number of methoxy groups -OCH3 is 2. The van der Waals surface area contributed by atoms with Gasteiger partial charge in [-0.2, -0.15) is 0 Å². The van der Waals surface area contributed by atoms with Crippen LogP contribution in [0.3, 0.4) is 0 Å². The molecule has 0 radical (unpaired) electrons. The molecular formula is C16H21F2N5O3. The SMILES string of the molecule is COCC1=C(C(=O)OC)CN(Cc2cnc(N3CCC(F)(F)C3)nc2)N1. The molecule has 0 saturated carbocycles. The van der Waals surface area contributed by atoms with E-state index in [0.29, 0.717) is 30.3 Å². The van der Waals surface area contributed by atoms with Gasteiger partial charge in [0.25, 0.3) is 5.92 Å². The highest BCUT2D eigenvalue weighted by Gasteiger charge is 2.39. The second kappa shape index (κ2) is 7.50. The lowest BCUT2D eigenvalue weighted by atomic mass is 10.2. The van der Waals surface area contributed by atoms with Crippen molar-refractivity contribution in [3.05, 3.63) is 29.2 Å². The molecule has 2 aliphatic rings. The standard InChI is InChI=1S/C16H21F2N5O3/c1-25-9-13-12(14(24)26-2)8-23(21-13)7-11-5-19-15(20-6-11)22-4-3-16(17,18)10-22/h5-6,21H,3-4,7-10H2,1-2H3. The van der Waals surface area contributed by atoms with E-state index in [4.69, 9.17) is 9.47 Å². The first kappa shape index (κ1) is 18.5. The fraction of sp³-hybridized carbons (Fsp3) is 0.562. The Balaban J connectivity index is 1.61. The quantitative estimate of drug-likeness (QED) is 0.735. The molecule has 0 aliphatic carbocycles. The van der Waals surface area contributed by atoms with Crippen molar-refractivity contribution in [1.29, 1.82) is 0 Å². The highest BCUT2D eigenvalue weighted by atomic mass is 19.3. The number of hydrogen-bond acceptors (Lipinski definition) is 8. The van der Waals surface area contributed by atoms with E-state index in [0.717, 1.165) is 5.56 Å². The van der Waals surface area contributed by atoms with Crippen LogP contribution in [-0.4, -0.2) is 67.3 Å². The maximum absolute atomic E-state index is 13.3. The molecule has 3 rings (SSSR count). The molecule has 1 saturated heterocycles. The predicted octanol–water partition coefficient (Wildman–Crippen LogP) is 0.716. The van der Waals surface area contributed by atoms with E-state index >= 15 is 0 Å². The zero-order chi connectivity index (χ0) is 18.7. The summed E-state index contributed by atoms with van der Waals surface area (Å²) >= 11 is 0. The summed E-state index contributed by atoms with van der Waals surface area (Å²) in [4.78, 5) is 21.7. The van der Waals surface area contributed by atoms with Crippen LogP contribution < -0.4 is 10.3 Å². The monoisotopic (exact) mass is 369 g/mol. The van der Waals surface area contributed by atoms with Crippen molar-refractivity contribution in [2.75, 3.05) is 45.4 Å². The van der Waals surface area contributed by atoms with Gasteiger partial charge in [0.1, 0.15) is 0 Å². The number of carbonyl (C=O) groups excluding carboxylic acids is 1. The lowest BCUT2D eigenvalue weighted by molar-refractivity contribution is -0.136. The molecule has 0 spiro atoms. The molecule has 1 aromatic rings. The van der Waals surface area contributed by atoms with Crippen LogP contribution in [0.25, 0.3) is 0 Å². The van der Waals surface area contributed by atoms with E-state index in [-0.39, 0.29) is 26.1 Å². The number of hydrazine groups is 1. The predicted molar refractivity (Wildman–Crippen MR) is 88.3 cm³/mol. The summed E-state index contributed by atoms with van der Waals surface area (Å²) in [6.07, 6.45) is 3.03. The van der Waals surface area contributed by atoms with Crippen LogP contribution in [0.5, 0.6) is 0 Å². The van der Waals surface area contributed by atoms with E-state index in [1.54, 1.807) is 19.5 Å². The van der Waals surface area contributed by atoms with Crippen molar-refractivity contribution in [2.24, 2.45) is 0 Å². The third kappa shape index (κ3) is 4.07. The number of carbonyl (C=O) groups is 1. The molecule has 1 N–H and O–H groups in total. The second-order valence-corrected chi connectivity index (χ2v) is 6.27. The molecule has 26 heavy (non-hydrogen) atoms. The minimum Gasteiger partial charge on any atom is -0.466 e. The number of aromatic nitrogens is 2. The molecule has 0 amide bonds. The minimum atomic E-state index is -2.69. The van der Waals surface area contributed by atoms with Crippen LogP contribution in [0.4, 0.5) is 14.7 Å². The van der Waals surface area contributed by atoms with Crippen LogP contribution >= 0.6 is 0 Å². The van der Waals surface area contributed by atoms with Gasteiger partial charge in [-0.3, -0.25) is 0 Å². The smallest absolute Gasteiger partial charge is 0.337 e. The van der Waals surface area contributed by atoms with E-state index in [2.05, 4.69) is 15.4 Å². The van der Waals surface area contributed by atoms with Crippen LogP contribution in [0.15, 0.2) is 23.7 Å². The maximum Gasteiger partial charge on any atom is 0.337 e. The molecule has 8 nitrogen and oxygen atoms in total. The maximum atomic E-state index is 13.3. The Hall–Kier alpha value is -2.33. The lowest BCUT2D eigenvalue weighted by Gasteiger charge is -2.19. The summed E-state index contributed by atoms with van der Waals surface area (Å²) in [6, 6.07) is 0. The summed E-state index contributed by atoms with van der Waals surface area (Å²) in [5.41, 5.74) is 5.05. The molecule has 0 atom stereocenters. The fourth-order valence-electron chi connectivity index (χ4n) is 2.97. The highest BCUT2D eigenvalue weighted by Crippen LogP contribution is 2.28. The summed E-state index contributed by atoms with van der Waals surface area (Å²) in [7, 11) is 2.87. The number of hydrogen-bond donors (Lipinski definition) is 1. The zero-order valence-corrected chi connectivity index (χ0v) is 14.7. The van der Waals surface area contributed by atoms with Crippen molar-refractivity contribution in [2.45, 2.75) is 18.9 Å². The van der Waals surface area contributed by atoms with Crippen LogP contribution in [0.1, 0.15) is 12.0 Å². The second-order valence-electron chi connectivity index (χ2n) is 6.27. The zero-order valence-electron chi connectivity index (χ0n) is 14.7. The van der Waals surface area contributed by atoms with E-state index in [1.165, 1.54) is 12.0 Å². The fourth-order valence-corrected chi connectivity index (χ4v) is 2.97. The molecular weight excluding hydrogens is 348 g/mol. The molecule has 1 aromatic heterocycles. The average molecular weight is 369 g/mol. The number of halogens is 2. The van der Waals surface area contributed by atoms with Gasteiger partial charge in [-0.1, -0.05) is 0 Å².